The van der Waals surface area contributed by atoms with Gasteiger partial charge < -0.3 is 5.11 Å². The Morgan fingerprint density at radius 3 is 2.67 bits per heavy atom. The molecule has 1 saturated carbocycles. The fourth-order valence-electron chi connectivity index (χ4n) is 2.91. The third-order valence-corrected chi connectivity index (χ3v) is 4.76. The third kappa shape index (κ3) is 4.95. The lowest BCUT2D eigenvalue weighted by atomic mass is 9.78. The highest BCUT2D eigenvalue weighted by molar-refractivity contribution is 9.10. The minimum absolute atomic E-state index is 0.191. The van der Waals surface area contributed by atoms with Crippen LogP contribution >= 0.6 is 15.9 Å². The monoisotopic (exact) mass is 354 g/mol. The van der Waals surface area contributed by atoms with Gasteiger partial charge in [-0.2, -0.15) is 0 Å². The van der Waals surface area contributed by atoms with Gasteiger partial charge in [0, 0.05) is 6.42 Å². The molecule has 1 fully saturated rings. The van der Waals surface area contributed by atoms with Gasteiger partial charge in [-0.25, -0.2) is 4.39 Å². The molecule has 0 aliphatic heterocycles. The molecule has 0 bridgehead atoms. The number of carbonyl (C=O) groups is 1. The van der Waals surface area contributed by atoms with Crippen LogP contribution in [0, 0.1) is 11.7 Å². The molecule has 1 aliphatic rings. The molecule has 114 valence electrons. The van der Waals surface area contributed by atoms with Gasteiger partial charge in [-0.05, 0) is 77.6 Å². The molecule has 0 spiro atoms. The van der Waals surface area contributed by atoms with E-state index in [9.17, 15) is 9.18 Å². The SMILES string of the molecule is O=C(O)CCC=C[C@H]1CC[C@H](c2ccc(Br)c(F)c2)CC1. The number of halogens is 2. The Balaban J connectivity index is 1.82. The van der Waals surface area contributed by atoms with Crippen LogP contribution in [0.4, 0.5) is 4.39 Å². The fourth-order valence-corrected chi connectivity index (χ4v) is 3.15. The van der Waals surface area contributed by atoms with Crippen molar-refractivity contribution in [3.8, 4) is 0 Å². The van der Waals surface area contributed by atoms with E-state index in [1.54, 1.807) is 12.1 Å². The van der Waals surface area contributed by atoms with Gasteiger partial charge in [0.25, 0.3) is 0 Å². The van der Waals surface area contributed by atoms with E-state index in [4.69, 9.17) is 5.11 Å². The molecular formula is C17H20BrFO2. The van der Waals surface area contributed by atoms with Crippen molar-refractivity contribution in [1.29, 1.82) is 0 Å². The molecule has 0 atom stereocenters. The number of hydrogen-bond donors (Lipinski definition) is 1. The Morgan fingerprint density at radius 1 is 1.33 bits per heavy atom. The van der Waals surface area contributed by atoms with E-state index in [1.807, 2.05) is 12.1 Å². The quantitative estimate of drug-likeness (QED) is 0.730. The van der Waals surface area contributed by atoms with E-state index in [0.29, 0.717) is 22.7 Å². The standard InChI is InChI=1S/C17H20BrFO2/c18-15-10-9-14(11-16(15)19)13-7-5-12(6-8-13)3-1-2-4-17(20)21/h1,3,9-13H,2,4-8H2,(H,20,21)/t12-,13-. The van der Waals surface area contributed by atoms with Crippen molar-refractivity contribution in [2.45, 2.75) is 44.4 Å². The first-order chi connectivity index (χ1) is 10.1. The zero-order valence-corrected chi connectivity index (χ0v) is 13.5. The van der Waals surface area contributed by atoms with Crippen LogP contribution in [0.1, 0.15) is 50.0 Å². The van der Waals surface area contributed by atoms with Crippen molar-refractivity contribution < 1.29 is 14.3 Å². The summed E-state index contributed by atoms with van der Waals surface area (Å²) in [6.45, 7) is 0. The normalized spacial score (nSPS) is 22.6. The number of allylic oxidation sites excluding steroid dienone is 2. The smallest absolute Gasteiger partial charge is 0.303 e. The van der Waals surface area contributed by atoms with E-state index in [-0.39, 0.29) is 12.2 Å². The van der Waals surface area contributed by atoms with Crippen molar-refractivity contribution in [1.82, 2.24) is 0 Å². The first-order valence-corrected chi connectivity index (χ1v) is 8.19. The van der Waals surface area contributed by atoms with Gasteiger partial charge in [-0.1, -0.05) is 18.2 Å². The first-order valence-electron chi connectivity index (χ1n) is 7.39. The largest absolute Gasteiger partial charge is 0.481 e. The van der Waals surface area contributed by atoms with E-state index < -0.39 is 5.97 Å². The summed E-state index contributed by atoms with van der Waals surface area (Å²) in [7, 11) is 0. The Bertz CT molecular complexity index is 520. The highest BCUT2D eigenvalue weighted by Crippen LogP contribution is 2.37. The lowest BCUT2D eigenvalue weighted by molar-refractivity contribution is -0.136. The summed E-state index contributed by atoms with van der Waals surface area (Å²) >= 11 is 3.18. The molecule has 2 rings (SSSR count). The topological polar surface area (TPSA) is 37.3 Å². The van der Waals surface area contributed by atoms with Crippen LogP contribution in [0.15, 0.2) is 34.8 Å². The van der Waals surface area contributed by atoms with Gasteiger partial charge in [0.2, 0.25) is 0 Å². The van der Waals surface area contributed by atoms with Crippen LogP contribution in [0.3, 0.4) is 0 Å². The Morgan fingerprint density at radius 2 is 2.05 bits per heavy atom. The number of rotatable bonds is 5. The van der Waals surface area contributed by atoms with Gasteiger partial charge >= 0.3 is 5.97 Å². The Hall–Kier alpha value is -1.16. The fraction of sp³-hybridized carbons (Fsp3) is 0.471. The molecule has 21 heavy (non-hydrogen) atoms. The van der Waals surface area contributed by atoms with Crippen molar-refractivity contribution in [3.05, 3.63) is 46.2 Å². The highest BCUT2D eigenvalue weighted by atomic mass is 79.9. The molecule has 1 N–H and O–H groups in total. The number of carboxylic acids is 1. The molecule has 0 heterocycles. The summed E-state index contributed by atoms with van der Waals surface area (Å²) in [6, 6.07) is 5.42. The van der Waals surface area contributed by atoms with Crippen molar-refractivity contribution >= 4 is 21.9 Å². The molecule has 0 aromatic heterocycles. The van der Waals surface area contributed by atoms with E-state index in [2.05, 4.69) is 22.0 Å². The van der Waals surface area contributed by atoms with Crippen LogP contribution in [-0.4, -0.2) is 11.1 Å². The Kier molecular flexibility index (Phi) is 5.97. The average Bonchev–Trinajstić information content (AvgIpc) is 2.47. The number of carboxylic acid groups (broad SMARTS) is 1. The maximum atomic E-state index is 13.6. The van der Waals surface area contributed by atoms with E-state index >= 15 is 0 Å². The molecule has 0 saturated heterocycles. The van der Waals surface area contributed by atoms with Crippen LogP contribution in [0.2, 0.25) is 0 Å². The molecule has 1 aliphatic carbocycles. The summed E-state index contributed by atoms with van der Waals surface area (Å²) in [4.78, 5) is 10.4. The lowest BCUT2D eigenvalue weighted by Gasteiger charge is -2.27. The van der Waals surface area contributed by atoms with Crippen LogP contribution in [0.5, 0.6) is 0 Å². The van der Waals surface area contributed by atoms with Crippen LogP contribution in [-0.2, 0) is 4.79 Å². The zero-order chi connectivity index (χ0) is 15.2. The second kappa shape index (κ2) is 7.74. The van der Waals surface area contributed by atoms with Gasteiger partial charge in [-0.15, -0.1) is 0 Å². The number of benzene rings is 1. The van der Waals surface area contributed by atoms with Crippen LogP contribution < -0.4 is 0 Å². The predicted molar refractivity (Wildman–Crippen MR) is 84.8 cm³/mol. The van der Waals surface area contributed by atoms with Crippen molar-refractivity contribution in [3.63, 3.8) is 0 Å². The second-order valence-electron chi connectivity index (χ2n) is 5.65. The summed E-state index contributed by atoms with van der Waals surface area (Å²) in [5.74, 6) is 0.0374. The summed E-state index contributed by atoms with van der Waals surface area (Å²) in [5.41, 5.74) is 1.09. The van der Waals surface area contributed by atoms with E-state index in [1.165, 1.54) is 0 Å². The second-order valence-corrected chi connectivity index (χ2v) is 6.50. The minimum atomic E-state index is -0.749. The number of hydrogen-bond acceptors (Lipinski definition) is 1. The third-order valence-electron chi connectivity index (χ3n) is 4.12. The number of aliphatic carboxylic acids is 1. The van der Waals surface area contributed by atoms with Gasteiger partial charge in [0.1, 0.15) is 5.82 Å². The maximum Gasteiger partial charge on any atom is 0.303 e. The Labute approximate surface area is 133 Å². The molecule has 2 nitrogen and oxygen atoms in total. The lowest BCUT2D eigenvalue weighted by Crippen LogP contribution is -2.12. The minimum Gasteiger partial charge on any atom is -0.481 e. The average molecular weight is 355 g/mol. The molecule has 0 amide bonds. The summed E-state index contributed by atoms with van der Waals surface area (Å²) in [6.07, 6.45) is 9.25. The molecule has 0 radical (unpaired) electrons. The highest BCUT2D eigenvalue weighted by Gasteiger charge is 2.21. The summed E-state index contributed by atoms with van der Waals surface area (Å²) in [5, 5.41) is 8.59. The van der Waals surface area contributed by atoms with Crippen molar-refractivity contribution in [2.75, 3.05) is 0 Å². The van der Waals surface area contributed by atoms with Gasteiger partial charge in [0.05, 0.1) is 4.47 Å². The molecule has 0 unspecified atom stereocenters. The predicted octanol–water partition coefficient (Wildman–Crippen LogP) is 5.28. The van der Waals surface area contributed by atoms with Gasteiger partial charge in [0.15, 0.2) is 0 Å². The molecular weight excluding hydrogens is 335 g/mol. The zero-order valence-electron chi connectivity index (χ0n) is 11.9. The summed E-state index contributed by atoms with van der Waals surface area (Å²) < 4.78 is 14.1. The molecule has 1 aromatic carbocycles. The van der Waals surface area contributed by atoms with E-state index in [0.717, 1.165) is 31.2 Å². The molecule has 1 aromatic rings. The van der Waals surface area contributed by atoms with Crippen LogP contribution in [0.25, 0.3) is 0 Å². The first kappa shape index (κ1) is 16.2. The van der Waals surface area contributed by atoms with Gasteiger partial charge in [-0.3, -0.25) is 4.79 Å². The maximum absolute atomic E-state index is 13.6. The van der Waals surface area contributed by atoms with Crippen molar-refractivity contribution in [2.24, 2.45) is 5.92 Å². The molecule has 4 heteroatoms.